The third kappa shape index (κ3) is 27.5. The summed E-state index contributed by atoms with van der Waals surface area (Å²) in [6, 6.07) is 35.6. The number of carboxylic acids is 1. The van der Waals surface area contributed by atoms with Gasteiger partial charge in [0.15, 0.2) is 0 Å². The first-order valence-electron chi connectivity index (χ1n) is 45.2. The van der Waals surface area contributed by atoms with Crippen molar-refractivity contribution in [3.05, 3.63) is 182 Å². The lowest BCUT2D eigenvalue weighted by Crippen LogP contribution is -2.60. The standard InChI is InChI=1S/C32H46N4O7S.C26H35N3O6S.C21H27N3O4S.C17H23NO4.ClH/c1-8-22-18-32(22,28(39)35-44(41,42)23-14-15-23)34-26(37)24-17-21(16-20-12-10-9-11-13-20)19-36(24)27(38)25(30(2,3)4)33-29(40)43-31(5,6)7;1-5-19-15-26(19,23(31)28-36(33,34)20-11-12-20)27-22(30)21-14-18(13-17-9-7-6-8-10-17)16-29(21)24(32)35-25(2,3)4;1-2-16-12-21(16,20(26)24-29(27,28)17-8-9-17)23-19(25)18-11-15(13-22-18)10-14-6-4-3-5-7-14;1-17(2,3)22-16(21)18-11-13(10-14(18)15(19)20)9-12-7-5-4-6-8-12;/h8-13,21-25H,1,14-19H2,2-7H3,(H,33,40)(H,34,37)(H,35,39);5-10,18-21H,1,11-16H2,2-4H3,(H,27,30)(H,28,31);2-7,15-18,22H,1,8-13H2,(H,23,25)(H,24,26);4-8,13-14H,9-11H2,1-3H3,(H,19,20);1H/t21-,22-,24+,25-,32-;18-,19-,21?,26-;15-,16-,18+,21-;13-,14?;/m1111./s1. The first-order chi connectivity index (χ1) is 61.3. The maximum absolute atomic E-state index is 14.2. The van der Waals surface area contributed by atoms with Gasteiger partial charge >= 0.3 is 24.2 Å². The molecule has 4 heterocycles. The van der Waals surface area contributed by atoms with E-state index < -0.39 is 180 Å². The smallest absolute Gasteiger partial charge is 0.411 e. The van der Waals surface area contributed by atoms with Gasteiger partial charge in [-0.15, -0.1) is 32.1 Å². The van der Waals surface area contributed by atoms with Crippen LogP contribution in [0.3, 0.4) is 0 Å². The summed E-state index contributed by atoms with van der Waals surface area (Å²) in [6.45, 7) is 34.2. The Morgan fingerprint density at radius 1 is 0.432 bits per heavy atom. The number of sulfonamides is 3. The van der Waals surface area contributed by atoms with E-state index in [0.29, 0.717) is 102 Å². The summed E-state index contributed by atoms with van der Waals surface area (Å²) in [7, 11) is -11.3. The van der Waals surface area contributed by atoms with E-state index in [1.807, 2.05) is 130 Å². The first kappa shape index (κ1) is 104. The minimum absolute atomic E-state index is 0. The molecule has 4 aliphatic heterocycles. The number of hydrogen-bond acceptors (Lipinski definition) is 21. The zero-order valence-corrected chi connectivity index (χ0v) is 80.8. The molecule has 32 nitrogen and oxygen atoms in total. The van der Waals surface area contributed by atoms with Crippen molar-refractivity contribution in [3.63, 3.8) is 0 Å². The Morgan fingerprint density at radius 2 is 0.727 bits per heavy atom. The molecule has 4 aromatic carbocycles. The van der Waals surface area contributed by atoms with Crippen molar-refractivity contribution >= 4 is 108 Å². The zero-order chi connectivity index (χ0) is 95.9. The number of nitrogens with one attached hydrogen (secondary N) is 8. The molecule has 15 atom stereocenters. The lowest BCUT2D eigenvalue weighted by molar-refractivity contribution is -0.143. The van der Waals surface area contributed by atoms with Crippen molar-refractivity contribution in [2.45, 2.75) is 272 Å². The van der Waals surface area contributed by atoms with Crippen LogP contribution in [0, 0.1) is 46.8 Å². The van der Waals surface area contributed by atoms with Crippen molar-refractivity contribution in [1.82, 2.24) is 55.4 Å². The highest BCUT2D eigenvalue weighted by Crippen LogP contribution is 2.49. The van der Waals surface area contributed by atoms with E-state index >= 15 is 0 Å². The minimum atomic E-state index is -3.84. The molecule has 36 heteroatoms. The molecule has 722 valence electrons. The maximum atomic E-state index is 14.2. The van der Waals surface area contributed by atoms with Crippen LogP contribution in [0.15, 0.2) is 159 Å². The third-order valence-corrected chi connectivity index (χ3v) is 30.6. The van der Waals surface area contributed by atoms with Gasteiger partial charge in [0.2, 0.25) is 53.7 Å². The maximum Gasteiger partial charge on any atom is 0.411 e. The summed E-state index contributed by atoms with van der Waals surface area (Å²) in [5.41, 5.74) is -2.39. The molecular weight excluding hydrogens is 1770 g/mol. The number of hydrogen-bond donors (Lipinski definition) is 9. The Bertz CT molecular complexity index is 5250. The highest BCUT2D eigenvalue weighted by atomic mass is 35.5. The van der Waals surface area contributed by atoms with Crippen molar-refractivity contribution < 1.29 is 97.3 Å². The summed E-state index contributed by atoms with van der Waals surface area (Å²) < 4.78 is 96.9. The van der Waals surface area contributed by atoms with Gasteiger partial charge in [0, 0.05) is 37.4 Å². The van der Waals surface area contributed by atoms with E-state index in [2.05, 4.69) is 72.6 Å². The lowest BCUT2D eigenvalue weighted by atomic mass is 9.85. The summed E-state index contributed by atoms with van der Waals surface area (Å²) in [5.74, 6) is -5.62. The number of carbonyl (C=O) groups excluding carboxylic acids is 10. The van der Waals surface area contributed by atoms with Gasteiger partial charge in [-0.3, -0.25) is 57.5 Å². The Labute approximate surface area is 782 Å². The molecule has 10 fully saturated rings. The zero-order valence-electron chi connectivity index (χ0n) is 77.5. The minimum Gasteiger partial charge on any atom is -0.480 e. The van der Waals surface area contributed by atoms with E-state index in [1.54, 1.807) is 74.5 Å². The van der Waals surface area contributed by atoms with Gasteiger partial charge in [-0.25, -0.2) is 44.4 Å². The molecule has 4 saturated heterocycles. The molecule has 132 heavy (non-hydrogen) atoms. The fourth-order valence-electron chi connectivity index (χ4n) is 17.5. The van der Waals surface area contributed by atoms with Crippen LogP contribution in [0.25, 0.3) is 0 Å². The summed E-state index contributed by atoms with van der Waals surface area (Å²) in [6.07, 6.45) is 11.6. The second-order valence-corrected chi connectivity index (χ2v) is 46.6. The van der Waals surface area contributed by atoms with Crippen LogP contribution in [0.5, 0.6) is 0 Å². The number of carbonyl (C=O) groups is 11. The number of amides is 10. The Balaban J connectivity index is 0.000000187. The van der Waals surface area contributed by atoms with Crippen molar-refractivity contribution in [2.75, 3.05) is 26.2 Å². The Morgan fingerprint density at radius 3 is 1.02 bits per heavy atom. The monoisotopic (exact) mass is 1910 g/mol. The third-order valence-electron chi connectivity index (χ3n) is 25.1. The van der Waals surface area contributed by atoms with Crippen LogP contribution in [0.1, 0.15) is 189 Å². The van der Waals surface area contributed by atoms with Crippen LogP contribution < -0.4 is 40.8 Å². The quantitative estimate of drug-likeness (QED) is 0.0180. The number of alkyl carbamates (subject to hydrolysis) is 1. The lowest BCUT2D eigenvalue weighted by Gasteiger charge is -2.36. The molecule has 14 rings (SSSR count). The molecular formula is C96H132ClN11O21S3. The Hall–Kier alpha value is -10.2. The van der Waals surface area contributed by atoms with Crippen LogP contribution in [0.4, 0.5) is 14.4 Å². The first-order valence-corrected chi connectivity index (χ1v) is 49.9. The molecule has 6 saturated carbocycles. The number of carboxylic acid groups (broad SMARTS) is 1. The summed E-state index contributed by atoms with van der Waals surface area (Å²) in [5, 5.41) is 22.1. The number of ether oxygens (including phenoxy) is 3. The number of rotatable bonds is 29. The van der Waals surface area contributed by atoms with Gasteiger partial charge in [0.1, 0.15) is 57.6 Å². The average Bonchev–Trinajstić information content (AvgIpc) is 1.58. The number of halogens is 1. The molecule has 2 unspecified atom stereocenters. The molecule has 4 aromatic rings. The highest BCUT2D eigenvalue weighted by Gasteiger charge is 2.65. The van der Waals surface area contributed by atoms with Crippen molar-refractivity contribution in [3.8, 4) is 0 Å². The number of nitrogens with zero attached hydrogens (tertiary/aromatic N) is 3. The largest absolute Gasteiger partial charge is 0.480 e. The van der Waals surface area contributed by atoms with Gasteiger partial charge in [0.05, 0.1) is 21.8 Å². The second kappa shape index (κ2) is 41.7. The Kier molecular flexibility index (Phi) is 32.8. The molecule has 0 radical (unpaired) electrons. The van der Waals surface area contributed by atoms with Gasteiger partial charge < -0.3 is 50.8 Å². The summed E-state index contributed by atoms with van der Waals surface area (Å²) in [4.78, 5) is 147. The van der Waals surface area contributed by atoms with Crippen molar-refractivity contribution in [1.29, 1.82) is 0 Å². The van der Waals surface area contributed by atoms with Crippen LogP contribution in [0.2, 0.25) is 0 Å². The van der Waals surface area contributed by atoms with Crippen molar-refractivity contribution in [2.24, 2.45) is 46.8 Å². The van der Waals surface area contributed by atoms with Crippen LogP contribution in [-0.2, 0) is 108 Å². The molecule has 10 amide bonds. The predicted molar refractivity (Wildman–Crippen MR) is 499 cm³/mol. The number of aliphatic carboxylic acids is 1. The molecule has 0 aromatic heterocycles. The molecule has 6 aliphatic carbocycles. The van der Waals surface area contributed by atoms with Gasteiger partial charge in [0.25, 0.3) is 17.7 Å². The second-order valence-electron chi connectivity index (χ2n) is 40.8. The van der Waals surface area contributed by atoms with Gasteiger partial charge in [-0.05, 0) is 229 Å². The fraction of sp³-hybridized carbons (Fsp3) is 0.573. The summed E-state index contributed by atoms with van der Waals surface area (Å²) >= 11 is 0. The van der Waals surface area contributed by atoms with E-state index in [-0.39, 0.29) is 67.4 Å². The molecule has 0 spiro atoms. The average molecular weight is 1910 g/mol. The topological polar surface area (TPSA) is 444 Å². The van der Waals surface area contributed by atoms with Crippen LogP contribution >= 0.6 is 12.4 Å². The molecule has 0 bridgehead atoms. The SMILES string of the molecule is C=C[C@@H]1C[C@]1(NC(=O)C1C[C@@H](Cc2ccccc2)CN1C(=O)OC(C)(C)C)C(=O)NS(=O)(=O)C1CC1.C=C[C@@H]1C[C@]1(NC(=O)[C@@H]1C[C@@H](Cc2ccccc2)CN1)C(=O)NS(=O)(=O)C1CC1.C=C[C@@H]1C[C@]1(NC(=O)[C@@H]1C[C@@H](Cc2ccccc2)CN1C(=O)[C@@H](NC(=O)OC(C)(C)C)C(C)(C)C)C(=O)NS(=O)(=O)C1CC1.CC(C)(C)OC(=O)N1C[C@H](Cc2ccccc2)CC1C(=O)O.Cl. The van der Waals surface area contributed by atoms with E-state index in [0.717, 1.165) is 36.1 Å². The van der Waals surface area contributed by atoms with E-state index in [1.165, 1.54) is 26.3 Å². The van der Waals surface area contributed by atoms with Gasteiger partial charge in [-0.2, -0.15) is 0 Å². The molecule has 10 aliphatic rings. The van der Waals surface area contributed by atoms with E-state index in [9.17, 15) is 83.1 Å². The molecule has 9 N–H and O–H groups in total. The highest BCUT2D eigenvalue weighted by molar-refractivity contribution is 7.91. The van der Waals surface area contributed by atoms with Gasteiger partial charge in [-0.1, -0.05) is 160 Å². The van der Waals surface area contributed by atoms with Crippen LogP contribution in [-0.4, -0.2) is 216 Å². The predicted octanol–water partition coefficient (Wildman–Crippen LogP) is 9.82. The number of likely N-dealkylation sites (tertiary alicyclic amines) is 3. The normalized spacial score (nSPS) is 26.6. The number of benzene rings is 4. The van der Waals surface area contributed by atoms with E-state index in [4.69, 9.17) is 14.2 Å². The fourth-order valence-corrected chi connectivity index (χ4v) is 21.6.